The molecule has 0 radical (unpaired) electrons. The third-order valence-electron chi connectivity index (χ3n) is 3.82. The van der Waals surface area contributed by atoms with Gasteiger partial charge in [-0.3, -0.25) is 0 Å². The molecule has 0 spiro atoms. The zero-order valence-electron chi connectivity index (χ0n) is 9.68. The third kappa shape index (κ3) is 1.56. The molecule has 0 aromatic heterocycles. The van der Waals surface area contributed by atoms with Crippen molar-refractivity contribution in [1.82, 2.24) is 4.90 Å². The third-order valence-corrected chi connectivity index (χ3v) is 3.82. The van der Waals surface area contributed by atoms with E-state index in [9.17, 15) is 4.79 Å². The number of likely N-dealkylation sites (N-methyl/N-ethyl adjacent to an activating group) is 1. The van der Waals surface area contributed by atoms with Crippen molar-refractivity contribution in [3.05, 3.63) is 35.9 Å². The molecule has 2 atom stereocenters. The zero-order chi connectivity index (χ0) is 11.8. The lowest BCUT2D eigenvalue weighted by molar-refractivity contribution is 0.129. The first-order chi connectivity index (χ1) is 7.62. The van der Waals surface area contributed by atoms with Gasteiger partial charge in [0, 0.05) is 13.0 Å². The van der Waals surface area contributed by atoms with Crippen LogP contribution in [0.15, 0.2) is 30.3 Å². The number of nitrogens with zero attached hydrogens (tertiary/aromatic N) is 1. The fraction of sp³-hybridized carbons (Fsp3) is 0.462. The number of amides is 1. The van der Waals surface area contributed by atoms with Crippen molar-refractivity contribution in [3.8, 4) is 0 Å². The summed E-state index contributed by atoms with van der Waals surface area (Å²) >= 11 is 0. The molecular formula is C13H17NO2. The average molecular weight is 219 g/mol. The smallest absolute Gasteiger partial charge is 0.407 e. The van der Waals surface area contributed by atoms with E-state index in [0.29, 0.717) is 5.92 Å². The molecule has 1 amide bonds. The van der Waals surface area contributed by atoms with Gasteiger partial charge in [0.25, 0.3) is 0 Å². The van der Waals surface area contributed by atoms with Gasteiger partial charge in [-0.1, -0.05) is 37.3 Å². The summed E-state index contributed by atoms with van der Waals surface area (Å²) < 4.78 is 0. The fourth-order valence-corrected chi connectivity index (χ4v) is 2.60. The molecule has 3 heteroatoms. The monoisotopic (exact) mass is 219 g/mol. The molecule has 1 aromatic carbocycles. The Morgan fingerprint density at radius 3 is 2.62 bits per heavy atom. The Kier molecular flexibility index (Phi) is 2.62. The van der Waals surface area contributed by atoms with Gasteiger partial charge in [0.15, 0.2) is 0 Å². The summed E-state index contributed by atoms with van der Waals surface area (Å²) in [7, 11) is 1.68. The maximum Gasteiger partial charge on any atom is 0.407 e. The number of hydrogen-bond donors (Lipinski definition) is 1. The lowest BCUT2D eigenvalue weighted by Crippen LogP contribution is -2.38. The van der Waals surface area contributed by atoms with Gasteiger partial charge in [-0.25, -0.2) is 4.79 Å². The van der Waals surface area contributed by atoms with Gasteiger partial charge in [0.2, 0.25) is 0 Å². The Morgan fingerprint density at radius 2 is 2.12 bits per heavy atom. The summed E-state index contributed by atoms with van der Waals surface area (Å²) in [5.41, 5.74) is 1.07. The normalized spacial score (nSPS) is 27.5. The minimum absolute atomic E-state index is 0.173. The molecule has 1 aromatic rings. The Hall–Kier alpha value is -1.51. The molecule has 2 unspecified atom stereocenters. The predicted octanol–water partition coefficient (Wildman–Crippen LogP) is 2.93. The summed E-state index contributed by atoms with van der Waals surface area (Å²) in [4.78, 5) is 12.5. The van der Waals surface area contributed by atoms with Gasteiger partial charge in [-0.05, 0) is 18.4 Å². The summed E-state index contributed by atoms with van der Waals surface area (Å²) in [6.07, 6.45) is 0.978. The molecule has 86 valence electrons. The van der Waals surface area contributed by atoms with Crippen LogP contribution < -0.4 is 0 Å². The van der Waals surface area contributed by atoms with Gasteiger partial charge in [-0.15, -0.1) is 0 Å². The fourth-order valence-electron chi connectivity index (χ4n) is 2.60. The average Bonchev–Trinajstić information content (AvgIpc) is 3.05. The van der Waals surface area contributed by atoms with E-state index in [1.165, 1.54) is 10.5 Å². The Morgan fingerprint density at radius 1 is 1.50 bits per heavy atom. The molecule has 3 nitrogen and oxygen atoms in total. The minimum Gasteiger partial charge on any atom is -0.465 e. The molecule has 0 bridgehead atoms. The Bertz CT molecular complexity index is 390. The summed E-state index contributed by atoms with van der Waals surface area (Å²) in [6.45, 7) is 2.06. The van der Waals surface area contributed by atoms with E-state index in [0.717, 1.165) is 12.8 Å². The van der Waals surface area contributed by atoms with Gasteiger partial charge in [0.05, 0.1) is 5.54 Å². The molecule has 1 aliphatic rings. The first-order valence-corrected chi connectivity index (χ1v) is 5.63. The number of benzene rings is 1. The predicted molar refractivity (Wildman–Crippen MR) is 62.6 cm³/mol. The minimum atomic E-state index is -0.833. The molecule has 0 heterocycles. The van der Waals surface area contributed by atoms with Crippen molar-refractivity contribution < 1.29 is 9.90 Å². The summed E-state index contributed by atoms with van der Waals surface area (Å²) in [6, 6.07) is 10.2. The first kappa shape index (κ1) is 11.0. The summed E-state index contributed by atoms with van der Waals surface area (Å²) in [5.74, 6) is 0.361. The van der Waals surface area contributed by atoms with Crippen molar-refractivity contribution in [2.45, 2.75) is 31.2 Å². The van der Waals surface area contributed by atoms with Crippen molar-refractivity contribution in [3.63, 3.8) is 0 Å². The Balaban J connectivity index is 2.21. The van der Waals surface area contributed by atoms with E-state index in [-0.39, 0.29) is 5.54 Å². The quantitative estimate of drug-likeness (QED) is 0.849. The largest absolute Gasteiger partial charge is 0.465 e. The van der Waals surface area contributed by atoms with Gasteiger partial charge in [-0.2, -0.15) is 0 Å². The highest BCUT2D eigenvalue weighted by molar-refractivity contribution is 5.67. The highest BCUT2D eigenvalue weighted by Gasteiger charge is 2.57. The second-order valence-corrected chi connectivity index (χ2v) is 4.47. The highest BCUT2D eigenvalue weighted by atomic mass is 16.4. The molecule has 16 heavy (non-hydrogen) atoms. The number of hydrogen-bond acceptors (Lipinski definition) is 1. The van der Waals surface area contributed by atoms with Gasteiger partial charge < -0.3 is 10.0 Å². The number of carbonyl (C=O) groups is 1. The molecule has 0 aliphatic heterocycles. The van der Waals surface area contributed by atoms with E-state index in [4.69, 9.17) is 5.11 Å². The van der Waals surface area contributed by atoms with Crippen molar-refractivity contribution in [1.29, 1.82) is 0 Å². The molecule has 1 N–H and O–H groups in total. The van der Waals surface area contributed by atoms with Crippen molar-refractivity contribution in [2.24, 2.45) is 0 Å². The maximum atomic E-state index is 11.0. The lowest BCUT2D eigenvalue weighted by atomic mass is 10.0. The van der Waals surface area contributed by atoms with E-state index in [1.54, 1.807) is 7.05 Å². The second-order valence-electron chi connectivity index (χ2n) is 4.47. The number of rotatable bonds is 3. The molecule has 1 fully saturated rings. The zero-order valence-corrected chi connectivity index (χ0v) is 9.68. The molecule has 1 aliphatic carbocycles. The van der Waals surface area contributed by atoms with Crippen LogP contribution in [0, 0.1) is 0 Å². The van der Waals surface area contributed by atoms with Crippen LogP contribution in [0.3, 0.4) is 0 Å². The van der Waals surface area contributed by atoms with Gasteiger partial charge in [0.1, 0.15) is 0 Å². The van der Waals surface area contributed by atoms with E-state index < -0.39 is 6.09 Å². The van der Waals surface area contributed by atoms with E-state index in [1.807, 2.05) is 18.2 Å². The maximum absolute atomic E-state index is 11.0. The first-order valence-electron chi connectivity index (χ1n) is 5.63. The second kappa shape index (κ2) is 3.81. The SMILES string of the molecule is CCC1(N(C)C(=O)O)CC1c1ccccc1. The highest BCUT2D eigenvalue weighted by Crippen LogP contribution is 2.57. The molecular weight excluding hydrogens is 202 g/mol. The van der Waals surface area contributed by atoms with Crippen molar-refractivity contribution in [2.75, 3.05) is 7.05 Å². The topological polar surface area (TPSA) is 40.5 Å². The van der Waals surface area contributed by atoms with Crippen LogP contribution in [0.2, 0.25) is 0 Å². The lowest BCUT2D eigenvalue weighted by Gasteiger charge is -2.26. The number of carboxylic acid groups (broad SMARTS) is 1. The van der Waals surface area contributed by atoms with E-state index in [2.05, 4.69) is 19.1 Å². The molecule has 1 saturated carbocycles. The van der Waals surface area contributed by atoms with Gasteiger partial charge >= 0.3 is 6.09 Å². The molecule has 0 saturated heterocycles. The van der Waals surface area contributed by atoms with E-state index >= 15 is 0 Å². The van der Waals surface area contributed by atoms with Crippen molar-refractivity contribution >= 4 is 6.09 Å². The van der Waals surface area contributed by atoms with Crippen LogP contribution in [0.1, 0.15) is 31.2 Å². The van der Waals surface area contributed by atoms with Crippen LogP contribution in [0.25, 0.3) is 0 Å². The Labute approximate surface area is 95.7 Å². The van der Waals surface area contributed by atoms with Crippen LogP contribution in [-0.4, -0.2) is 28.7 Å². The van der Waals surface area contributed by atoms with Crippen LogP contribution in [0.5, 0.6) is 0 Å². The molecule has 2 rings (SSSR count). The summed E-state index contributed by atoms with van der Waals surface area (Å²) in [5, 5.41) is 9.08. The standard InChI is InChI=1S/C13H17NO2/c1-3-13(14(2)12(15)16)9-11(13)10-7-5-4-6-8-10/h4-8,11H,3,9H2,1-2H3,(H,15,16). The van der Waals surface area contributed by atoms with Crippen LogP contribution in [0.4, 0.5) is 4.79 Å². The van der Waals surface area contributed by atoms with Crippen LogP contribution in [-0.2, 0) is 0 Å². The van der Waals surface area contributed by atoms with Crippen LogP contribution >= 0.6 is 0 Å².